The number of alkyl halides is 1. The zero-order valence-electron chi connectivity index (χ0n) is 8.66. The molecule has 3 nitrogen and oxygen atoms in total. The third kappa shape index (κ3) is 4.18. The maximum Gasteiger partial charge on any atom is 0.510 e. The smallest absolute Gasteiger partial charge is 0.431 e. The summed E-state index contributed by atoms with van der Waals surface area (Å²) in [5.74, 6) is 0.634. The third-order valence-corrected chi connectivity index (χ3v) is 2.50. The lowest BCUT2D eigenvalue weighted by atomic mass is 9.89. The monoisotopic (exact) mass is 220 g/mol. The SMILES string of the molecule is CC1CCCC(OC(=O)OC(C)Cl)C1. The van der Waals surface area contributed by atoms with E-state index >= 15 is 0 Å². The molecule has 4 heteroatoms. The van der Waals surface area contributed by atoms with Crippen molar-refractivity contribution in [3.63, 3.8) is 0 Å². The van der Waals surface area contributed by atoms with Crippen molar-refractivity contribution in [2.75, 3.05) is 0 Å². The van der Waals surface area contributed by atoms with Crippen LogP contribution in [0.5, 0.6) is 0 Å². The van der Waals surface area contributed by atoms with E-state index in [0.29, 0.717) is 5.92 Å². The standard InChI is InChI=1S/C10H17ClO3/c1-7-4-3-5-9(6-7)14-10(12)13-8(2)11/h7-9H,3-6H2,1-2H3. The average Bonchev–Trinajstić information content (AvgIpc) is 2.01. The molecule has 3 atom stereocenters. The van der Waals surface area contributed by atoms with Gasteiger partial charge in [-0.25, -0.2) is 4.79 Å². The van der Waals surface area contributed by atoms with Crippen molar-refractivity contribution in [1.29, 1.82) is 0 Å². The molecule has 0 amide bonds. The van der Waals surface area contributed by atoms with E-state index < -0.39 is 11.7 Å². The zero-order valence-corrected chi connectivity index (χ0v) is 9.42. The fraction of sp³-hybridized carbons (Fsp3) is 0.900. The second-order valence-corrected chi connectivity index (χ2v) is 4.54. The van der Waals surface area contributed by atoms with Gasteiger partial charge in [-0.15, -0.1) is 0 Å². The van der Waals surface area contributed by atoms with Crippen molar-refractivity contribution in [3.05, 3.63) is 0 Å². The summed E-state index contributed by atoms with van der Waals surface area (Å²) in [5.41, 5.74) is -0.622. The van der Waals surface area contributed by atoms with E-state index in [9.17, 15) is 4.79 Å². The lowest BCUT2D eigenvalue weighted by molar-refractivity contribution is 0.000733. The highest BCUT2D eigenvalue weighted by Crippen LogP contribution is 2.26. The molecule has 1 aliphatic carbocycles. The number of hydrogen-bond acceptors (Lipinski definition) is 3. The molecule has 0 aromatic rings. The van der Waals surface area contributed by atoms with E-state index in [4.69, 9.17) is 21.1 Å². The molecule has 1 saturated carbocycles. The second-order valence-electron chi connectivity index (χ2n) is 3.92. The van der Waals surface area contributed by atoms with Gasteiger partial charge >= 0.3 is 6.16 Å². The van der Waals surface area contributed by atoms with Crippen molar-refractivity contribution in [3.8, 4) is 0 Å². The molecule has 1 aliphatic rings. The van der Waals surface area contributed by atoms with E-state index in [1.807, 2.05) is 0 Å². The summed E-state index contributed by atoms with van der Waals surface area (Å²) in [6.07, 6.45) is 3.59. The largest absolute Gasteiger partial charge is 0.510 e. The molecule has 0 aromatic carbocycles. The average molecular weight is 221 g/mol. The van der Waals surface area contributed by atoms with Crippen LogP contribution in [0.2, 0.25) is 0 Å². The van der Waals surface area contributed by atoms with Crippen LogP contribution in [0.3, 0.4) is 0 Å². The zero-order chi connectivity index (χ0) is 10.6. The third-order valence-electron chi connectivity index (χ3n) is 2.41. The van der Waals surface area contributed by atoms with Crippen LogP contribution in [0.4, 0.5) is 4.79 Å². The van der Waals surface area contributed by atoms with Gasteiger partial charge in [0, 0.05) is 0 Å². The van der Waals surface area contributed by atoms with E-state index in [0.717, 1.165) is 19.3 Å². The van der Waals surface area contributed by atoms with E-state index in [2.05, 4.69) is 6.92 Å². The Morgan fingerprint density at radius 1 is 1.50 bits per heavy atom. The molecule has 3 unspecified atom stereocenters. The van der Waals surface area contributed by atoms with E-state index in [1.54, 1.807) is 6.92 Å². The molecule has 0 radical (unpaired) electrons. The van der Waals surface area contributed by atoms with Gasteiger partial charge < -0.3 is 9.47 Å². The minimum absolute atomic E-state index is 0.0154. The number of hydrogen-bond donors (Lipinski definition) is 0. The Morgan fingerprint density at radius 3 is 2.79 bits per heavy atom. The maximum absolute atomic E-state index is 11.1. The molecule has 0 spiro atoms. The summed E-state index contributed by atoms with van der Waals surface area (Å²) < 4.78 is 9.82. The van der Waals surface area contributed by atoms with Crippen LogP contribution >= 0.6 is 11.6 Å². The first-order valence-corrected chi connectivity index (χ1v) is 5.53. The quantitative estimate of drug-likeness (QED) is 0.529. The van der Waals surface area contributed by atoms with Gasteiger partial charge in [0.15, 0.2) is 5.56 Å². The van der Waals surface area contributed by atoms with Crippen LogP contribution in [-0.4, -0.2) is 17.8 Å². The highest BCUT2D eigenvalue weighted by molar-refractivity contribution is 6.19. The Hall–Kier alpha value is -0.440. The Balaban J connectivity index is 2.25. The predicted octanol–water partition coefficient (Wildman–Crippen LogP) is 3.30. The molecule has 14 heavy (non-hydrogen) atoms. The van der Waals surface area contributed by atoms with Gasteiger partial charge in [-0.1, -0.05) is 24.9 Å². The topological polar surface area (TPSA) is 35.5 Å². The van der Waals surface area contributed by atoms with Gasteiger partial charge in [-0.05, 0) is 32.1 Å². The molecular formula is C10H17ClO3. The van der Waals surface area contributed by atoms with Gasteiger partial charge in [0.2, 0.25) is 0 Å². The molecular weight excluding hydrogens is 204 g/mol. The summed E-state index contributed by atoms with van der Waals surface area (Å²) in [4.78, 5) is 11.1. The fourth-order valence-corrected chi connectivity index (χ4v) is 1.85. The van der Waals surface area contributed by atoms with Gasteiger partial charge in [0.1, 0.15) is 6.10 Å². The maximum atomic E-state index is 11.1. The van der Waals surface area contributed by atoms with E-state index in [1.165, 1.54) is 6.42 Å². The molecule has 0 bridgehead atoms. The molecule has 1 rings (SSSR count). The van der Waals surface area contributed by atoms with Crippen molar-refractivity contribution in [2.45, 2.75) is 51.2 Å². The molecule has 82 valence electrons. The Kier molecular flexibility index (Phi) is 4.52. The van der Waals surface area contributed by atoms with Crippen molar-refractivity contribution < 1.29 is 14.3 Å². The first-order chi connectivity index (χ1) is 6.58. The second kappa shape index (κ2) is 5.44. The van der Waals surface area contributed by atoms with Crippen LogP contribution in [0, 0.1) is 5.92 Å². The van der Waals surface area contributed by atoms with Crippen LogP contribution in [-0.2, 0) is 9.47 Å². The van der Waals surface area contributed by atoms with E-state index in [-0.39, 0.29) is 6.10 Å². The summed E-state index contributed by atoms with van der Waals surface area (Å²) in [5, 5.41) is 0. The van der Waals surface area contributed by atoms with Crippen LogP contribution in [0.25, 0.3) is 0 Å². The predicted molar refractivity (Wildman–Crippen MR) is 54.3 cm³/mol. The Morgan fingerprint density at radius 2 is 2.21 bits per heavy atom. The Labute approximate surface area is 89.7 Å². The fourth-order valence-electron chi connectivity index (χ4n) is 1.78. The molecule has 0 heterocycles. The normalized spacial score (nSPS) is 29.4. The van der Waals surface area contributed by atoms with Gasteiger partial charge in [0.25, 0.3) is 0 Å². The first-order valence-electron chi connectivity index (χ1n) is 5.09. The lowest BCUT2D eigenvalue weighted by Crippen LogP contribution is -2.25. The first kappa shape index (κ1) is 11.6. The minimum Gasteiger partial charge on any atom is -0.431 e. The van der Waals surface area contributed by atoms with Crippen LogP contribution in [0.15, 0.2) is 0 Å². The molecule has 0 N–H and O–H groups in total. The lowest BCUT2D eigenvalue weighted by Gasteiger charge is -2.26. The summed E-state index contributed by atoms with van der Waals surface area (Å²) in [7, 11) is 0. The highest BCUT2D eigenvalue weighted by atomic mass is 35.5. The molecule has 0 aliphatic heterocycles. The van der Waals surface area contributed by atoms with Gasteiger partial charge in [0.05, 0.1) is 0 Å². The number of carbonyl (C=O) groups is 1. The van der Waals surface area contributed by atoms with Gasteiger partial charge in [-0.2, -0.15) is 0 Å². The summed E-state index contributed by atoms with van der Waals surface area (Å²) >= 11 is 5.50. The Bertz CT molecular complexity index is 194. The van der Waals surface area contributed by atoms with Crippen molar-refractivity contribution >= 4 is 17.8 Å². The number of rotatable bonds is 2. The van der Waals surface area contributed by atoms with Crippen molar-refractivity contribution in [2.24, 2.45) is 5.92 Å². The number of ether oxygens (including phenoxy) is 2. The summed E-state index contributed by atoms with van der Waals surface area (Å²) in [6.45, 7) is 3.76. The van der Waals surface area contributed by atoms with Crippen LogP contribution < -0.4 is 0 Å². The molecule has 1 fully saturated rings. The molecule has 0 saturated heterocycles. The molecule has 0 aromatic heterocycles. The van der Waals surface area contributed by atoms with Crippen molar-refractivity contribution in [1.82, 2.24) is 0 Å². The number of halogens is 1. The van der Waals surface area contributed by atoms with Gasteiger partial charge in [-0.3, -0.25) is 0 Å². The number of carbonyl (C=O) groups excluding carboxylic acids is 1. The summed E-state index contributed by atoms with van der Waals surface area (Å²) in [6, 6.07) is 0. The highest BCUT2D eigenvalue weighted by Gasteiger charge is 2.23. The minimum atomic E-state index is -0.647. The van der Waals surface area contributed by atoms with Crippen LogP contribution in [0.1, 0.15) is 39.5 Å².